The van der Waals surface area contributed by atoms with Crippen molar-refractivity contribution in [1.82, 2.24) is 20.9 Å². The molecule has 0 aliphatic heterocycles. The molecule has 0 bridgehead atoms. The molecule has 1 heterocycles. The van der Waals surface area contributed by atoms with Crippen LogP contribution in [0.1, 0.15) is 57.3 Å². The van der Waals surface area contributed by atoms with E-state index >= 15 is 0 Å². The molecule has 3 atom stereocenters. The Balaban J connectivity index is 1.56. The second-order valence-electron chi connectivity index (χ2n) is 11.8. The molecule has 0 saturated heterocycles. The molecule has 0 spiro atoms. The van der Waals surface area contributed by atoms with Crippen LogP contribution in [0.3, 0.4) is 0 Å². The number of anilines is 2. The van der Waals surface area contributed by atoms with Gasteiger partial charge in [-0.3, -0.25) is 19.3 Å². The van der Waals surface area contributed by atoms with Gasteiger partial charge in [0.15, 0.2) is 0 Å². The average Bonchev–Trinajstić information content (AvgIpc) is 3.08. The first-order valence-corrected chi connectivity index (χ1v) is 17.5. The minimum atomic E-state index is -3.71. The number of pyridine rings is 1. The van der Waals surface area contributed by atoms with Gasteiger partial charge in [0.25, 0.3) is 11.8 Å². The molecule has 12 heteroatoms. The van der Waals surface area contributed by atoms with E-state index in [0.29, 0.717) is 13.0 Å². The summed E-state index contributed by atoms with van der Waals surface area (Å²) in [7, 11) is 0.159. The van der Waals surface area contributed by atoms with Gasteiger partial charge in [-0.2, -0.15) is 0 Å². The molecule has 0 aliphatic rings. The Kier molecular flexibility index (Phi) is 12.7. The highest BCUT2D eigenvalue weighted by molar-refractivity contribution is 7.92. The first-order valence-electron chi connectivity index (χ1n) is 15.8. The van der Waals surface area contributed by atoms with Gasteiger partial charge in [0.05, 0.1) is 41.5 Å². The Morgan fingerprint density at radius 1 is 0.854 bits per heavy atom. The molecule has 48 heavy (non-hydrogen) atoms. The van der Waals surface area contributed by atoms with Crippen molar-refractivity contribution in [3.63, 3.8) is 0 Å². The van der Waals surface area contributed by atoms with Crippen molar-refractivity contribution in [1.29, 1.82) is 0 Å². The number of aliphatic hydroxyl groups excluding tert-OH is 1. The number of aliphatic hydroxyl groups is 1. The number of nitrogens with one attached hydrogen (secondary N) is 4. The molecule has 3 aromatic carbocycles. The Morgan fingerprint density at radius 3 is 2.10 bits per heavy atom. The lowest BCUT2D eigenvalue weighted by Crippen LogP contribution is -2.48. The number of amides is 2. The molecule has 4 aromatic rings. The number of hydrogen-bond acceptors (Lipinski definition) is 8. The number of carbonyl (C=O) groups excluding carboxylic acids is 2. The topological polar surface area (TPSA) is 153 Å². The highest BCUT2D eigenvalue weighted by Crippen LogP contribution is 2.20. The number of benzene rings is 3. The Labute approximate surface area is 282 Å². The zero-order chi connectivity index (χ0) is 34.7. The fraction of sp³-hybridized carbons (Fsp3) is 0.306. The zero-order valence-corrected chi connectivity index (χ0v) is 28.5. The van der Waals surface area contributed by atoms with E-state index in [0.717, 1.165) is 22.4 Å². The summed E-state index contributed by atoms with van der Waals surface area (Å²) in [6, 6.07) is 24.0. The van der Waals surface area contributed by atoms with E-state index in [9.17, 15) is 23.1 Å². The number of aromatic nitrogens is 1. The van der Waals surface area contributed by atoms with Crippen LogP contribution in [0, 0.1) is 0 Å². The molecule has 0 saturated carbocycles. The predicted molar refractivity (Wildman–Crippen MR) is 190 cm³/mol. The molecule has 2 amide bonds. The molecular formula is C36H44N6O5S. The number of sulfonamides is 1. The summed E-state index contributed by atoms with van der Waals surface area (Å²) in [5.74, 6) is -1.24. The summed E-state index contributed by atoms with van der Waals surface area (Å²) < 4.78 is 27.4. The van der Waals surface area contributed by atoms with Crippen LogP contribution in [-0.2, 0) is 23.0 Å². The van der Waals surface area contributed by atoms with Crippen LogP contribution in [0.15, 0.2) is 97.3 Å². The summed E-state index contributed by atoms with van der Waals surface area (Å²) in [6.07, 6.45) is 2.86. The van der Waals surface area contributed by atoms with Gasteiger partial charge in [0, 0.05) is 44.5 Å². The van der Waals surface area contributed by atoms with Crippen molar-refractivity contribution in [3.8, 4) is 0 Å². The average molecular weight is 673 g/mol. The maximum atomic E-state index is 13.8. The highest BCUT2D eigenvalue weighted by atomic mass is 32.2. The van der Waals surface area contributed by atoms with E-state index in [1.54, 1.807) is 12.4 Å². The van der Waals surface area contributed by atoms with Gasteiger partial charge >= 0.3 is 0 Å². The first kappa shape index (κ1) is 36.1. The van der Waals surface area contributed by atoms with Crippen LogP contribution in [0.5, 0.6) is 0 Å². The van der Waals surface area contributed by atoms with Crippen molar-refractivity contribution >= 4 is 33.2 Å². The molecule has 11 nitrogen and oxygen atoms in total. The maximum Gasteiger partial charge on any atom is 0.251 e. The van der Waals surface area contributed by atoms with Gasteiger partial charge in [-0.15, -0.1) is 0 Å². The number of nitrogens with zero attached hydrogens (tertiary/aromatic N) is 2. The van der Waals surface area contributed by atoms with E-state index < -0.39 is 34.0 Å². The van der Waals surface area contributed by atoms with E-state index in [4.69, 9.17) is 0 Å². The highest BCUT2D eigenvalue weighted by Gasteiger charge is 2.24. The van der Waals surface area contributed by atoms with Gasteiger partial charge < -0.3 is 26.0 Å². The largest absolute Gasteiger partial charge is 0.390 e. The van der Waals surface area contributed by atoms with Gasteiger partial charge in [-0.25, -0.2) is 8.42 Å². The number of hydrogen-bond donors (Lipinski definition) is 5. The third kappa shape index (κ3) is 10.6. The maximum absolute atomic E-state index is 13.8. The van der Waals surface area contributed by atoms with Gasteiger partial charge in [-0.05, 0) is 61.2 Å². The van der Waals surface area contributed by atoms with Crippen LogP contribution in [0.4, 0.5) is 11.4 Å². The number of rotatable bonds is 16. The predicted octanol–water partition coefficient (Wildman–Crippen LogP) is 3.89. The molecule has 4 rings (SSSR count). The van der Waals surface area contributed by atoms with E-state index in [2.05, 4.69) is 25.7 Å². The van der Waals surface area contributed by atoms with Crippen molar-refractivity contribution < 1.29 is 23.1 Å². The summed E-state index contributed by atoms with van der Waals surface area (Å²) in [6.45, 7) is 3.96. The van der Waals surface area contributed by atoms with Crippen molar-refractivity contribution in [2.45, 2.75) is 45.0 Å². The van der Waals surface area contributed by atoms with Crippen LogP contribution in [0.2, 0.25) is 0 Å². The van der Waals surface area contributed by atoms with Crippen LogP contribution in [-0.4, -0.2) is 68.9 Å². The molecule has 0 fully saturated rings. The van der Waals surface area contributed by atoms with Crippen LogP contribution in [0.25, 0.3) is 0 Å². The quantitative estimate of drug-likeness (QED) is 0.120. The lowest BCUT2D eigenvalue weighted by molar-refractivity contribution is 0.0830. The van der Waals surface area contributed by atoms with Crippen LogP contribution >= 0.6 is 0 Å². The van der Waals surface area contributed by atoms with Crippen molar-refractivity contribution in [2.24, 2.45) is 0 Å². The second kappa shape index (κ2) is 16.9. The third-order valence-electron chi connectivity index (χ3n) is 7.82. The summed E-state index contributed by atoms with van der Waals surface area (Å²) in [5.41, 5.74) is 3.94. The van der Waals surface area contributed by atoms with Gasteiger partial charge in [0.1, 0.15) is 0 Å². The fourth-order valence-corrected chi connectivity index (χ4v) is 5.65. The van der Waals surface area contributed by atoms with Gasteiger partial charge in [-0.1, -0.05) is 60.7 Å². The minimum absolute atomic E-state index is 0.0635. The Hall–Kier alpha value is -4.78. The normalized spacial score (nSPS) is 13.2. The van der Waals surface area contributed by atoms with Gasteiger partial charge in [0.2, 0.25) is 10.0 Å². The summed E-state index contributed by atoms with van der Waals surface area (Å²) in [5, 5.41) is 20.4. The van der Waals surface area contributed by atoms with E-state index in [1.165, 1.54) is 25.1 Å². The number of carbonyl (C=O) groups is 2. The molecule has 0 radical (unpaired) electrons. The smallest absolute Gasteiger partial charge is 0.251 e. The lowest BCUT2D eigenvalue weighted by Gasteiger charge is -2.25. The Morgan fingerprint density at radius 2 is 1.48 bits per heavy atom. The minimum Gasteiger partial charge on any atom is -0.390 e. The molecule has 5 N–H and O–H groups in total. The first-order chi connectivity index (χ1) is 22.9. The third-order valence-corrected chi connectivity index (χ3v) is 9.12. The zero-order valence-electron chi connectivity index (χ0n) is 27.7. The summed E-state index contributed by atoms with van der Waals surface area (Å²) >= 11 is 0. The Bertz CT molecular complexity index is 1770. The molecule has 254 valence electrons. The molecule has 0 unspecified atom stereocenters. The van der Waals surface area contributed by atoms with Crippen molar-refractivity contribution in [2.75, 3.05) is 36.0 Å². The SMILES string of the molecule is CCS(=O)(=O)Nc1cc(C(=O)N[C@@H](Cc2ccccc2)[C@H](O)CNCc2cncc(N(C)C)c2)cc(C(=O)N[C@H](C)c2ccccc2)c1. The second-order valence-corrected chi connectivity index (χ2v) is 13.8. The monoisotopic (exact) mass is 672 g/mol. The standard InChI is InChI=1S/C36H44N6O5S/c1-5-48(46,47)41-31-19-29(35(44)39-25(2)28-14-10-7-11-15-28)18-30(20-31)36(45)40-33(17-26-12-8-6-9-13-26)34(43)24-38-22-27-16-32(42(3)4)23-37-21-27/h6-16,18-21,23,25,33-34,38,41,43H,5,17,22,24H2,1-4H3,(H,39,44)(H,40,45)/t25-,33+,34-/m1/s1. The van der Waals surface area contributed by atoms with Crippen LogP contribution < -0.4 is 25.6 Å². The molecular weight excluding hydrogens is 628 g/mol. The fourth-order valence-electron chi connectivity index (χ4n) is 5.03. The van der Waals surface area contributed by atoms with E-state index in [-0.39, 0.29) is 35.2 Å². The van der Waals surface area contributed by atoms with Crippen molar-refractivity contribution in [3.05, 3.63) is 125 Å². The van der Waals surface area contributed by atoms with E-state index in [1.807, 2.05) is 92.6 Å². The molecule has 1 aromatic heterocycles. The lowest BCUT2D eigenvalue weighted by atomic mass is 10.00. The summed E-state index contributed by atoms with van der Waals surface area (Å²) in [4.78, 5) is 33.4. The molecule has 0 aliphatic carbocycles.